The van der Waals surface area contributed by atoms with Gasteiger partial charge in [-0.1, -0.05) is 0 Å². The SMILES string of the molecule is Nc1ccnc(Cl)n1.Nc1nc(N)c(N)c(N)n1.O=S(=O)(O)O. The van der Waals surface area contributed by atoms with Gasteiger partial charge in [-0.15, -0.1) is 0 Å². The fourth-order valence-electron chi connectivity index (χ4n) is 0.871. The first-order chi connectivity index (χ1) is 10.4. The highest BCUT2D eigenvalue weighted by Gasteiger charge is 2.02. The highest BCUT2D eigenvalue weighted by molar-refractivity contribution is 7.79. The maximum Gasteiger partial charge on any atom is 0.394 e. The first kappa shape index (κ1) is 20.3. The van der Waals surface area contributed by atoms with Crippen LogP contribution >= 0.6 is 11.6 Å². The summed E-state index contributed by atoms with van der Waals surface area (Å²) >= 11 is 5.34. The molecule has 0 saturated carbocycles. The van der Waals surface area contributed by atoms with Gasteiger partial charge in [-0.3, -0.25) is 9.11 Å². The van der Waals surface area contributed by atoms with Gasteiger partial charge in [-0.2, -0.15) is 18.4 Å². The fraction of sp³-hybridized carbons (Fsp3) is 0. The number of aromatic nitrogens is 4. The summed E-state index contributed by atoms with van der Waals surface area (Å²) in [4.78, 5) is 14.4. The van der Waals surface area contributed by atoms with E-state index in [-0.39, 0.29) is 28.6 Å². The minimum absolute atomic E-state index is 0.0317. The van der Waals surface area contributed by atoms with Gasteiger partial charge in [0.15, 0.2) is 11.6 Å². The number of nitrogen functional groups attached to an aromatic ring is 5. The first-order valence-corrected chi connectivity index (χ1v) is 7.05. The molecule has 15 heteroatoms. The third-order valence-electron chi connectivity index (χ3n) is 1.67. The summed E-state index contributed by atoms with van der Waals surface area (Å²) < 4.78 is 31.6. The number of halogens is 1. The van der Waals surface area contributed by atoms with Gasteiger partial charge < -0.3 is 28.7 Å². The van der Waals surface area contributed by atoms with Crippen molar-refractivity contribution in [1.82, 2.24) is 19.9 Å². The zero-order chi connectivity index (χ0) is 18.2. The van der Waals surface area contributed by atoms with E-state index in [1.807, 2.05) is 0 Å². The van der Waals surface area contributed by atoms with Crippen LogP contribution < -0.4 is 28.7 Å². The van der Waals surface area contributed by atoms with E-state index in [9.17, 15) is 0 Å². The van der Waals surface area contributed by atoms with Gasteiger partial charge in [0.1, 0.15) is 11.5 Å². The second-order valence-electron chi connectivity index (χ2n) is 3.46. The van der Waals surface area contributed by atoms with Crippen LogP contribution in [0.5, 0.6) is 0 Å². The van der Waals surface area contributed by atoms with Crippen molar-refractivity contribution in [2.24, 2.45) is 0 Å². The summed E-state index contributed by atoms with van der Waals surface area (Å²) in [6.07, 6.45) is 1.50. The lowest BCUT2D eigenvalue weighted by molar-refractivity contribution is 0.381. The normalized spacial score (nSPS) is 9.87. The molecule has 2 aromatic rings. The molecule has 0 radical (unpaired) electrons. The Balaban J connectivity index is 0.000000335. The summed E-state index contributed by atoms with van der Waals surface area (Å²) in [7, 11) is -4.67. The second-order valence-corrected chi connectivity index (χ2v) is 4.70. The summed E-state index contributed by atoms with van der Waals surface area (Å²) in [6.45, 7) is 0. The Bertz CT molecular complexity index is 709. The molecular formula is C8H14ClN9O4S. The molecule has 0 aliphatic heterocycles. The van der Waals surface area contributed by atoms with E-state index in [2.05, 4.69) is 19.9 Å². The standard InChI is InChI=1S/C4H4ClN3.C4H8N6.H2O4S/c5-4-7-2-1-3(6)8-4;5-1-2(6)9-4(8)10-3(1)7;1-5(2,3)4/h1-2H,(H2,6,7,8);5H2,(H6,6,7,8,9,10);(H2,1,2,3,4). The smallest absolute Gasteiger partial charge is 0.393 e. The highest BCUT2D eigenvalue weighted by Crippen LogP contribution is 2.17. The molecule has 2 aromatic heterocycles. The molecule has 12 N–H and O–H groups in total. The van der Waals surface area contributed by atoms with Gasteiger partial charge in [-0.25, -0.2) is 9.97 Å². The van der Waals surface area contributed by atoms with Crippen molar-refractivity contribution in [3.8, 4) is 0 Å². The molecule has 2 heterocycles. The highest BCUT2D eigenvalue weighted by atomic mass is 35.5. The molecule has 0 spiro atoms. The van der Waals surface area contributed by atoms with Crippen molar-refractivity contribution < 1.29 is 17.5 Å². The van der Waals surface area contributed by atoms with E-state index >= 15 is 0 Å². The van der Waals surface area contributed by atoms with Crippen LogP contribution in [0.2, 0.25) is 5.28 Å². The molecule has 128 valence electrons. The fourth-order valence-corrected chi connectivity index (χ4v) is 1.03. The Morgan fingerprint density at radius 2 is 1.39 bits per heavy atom. The molecule has 0 saturated heterocycles. The van der Waals surface area contributed by atoms with Crippen LogP contribution in [-0.2, 0) is 10.4 Å². The molecule has 0 unspecified atom stereocenters. The predicted octanol–water partition coefficient (Wildman–Crippen LogP) is -1.14. The van der Waals surface area contributed by atoms with Crippen molar-refractivity contribution in [2.45, 2.75) is 0 Å². The van der Waals surface area contributed by atoms with E-state index in [0.29, 0.717) is 5.82 Å². The Morgan fingerprint density at radius 3 is 1.70 bits per heavy atom. The molecule has 0 fully saturated rings. The molecule has 0 aliphatic rings. The average molecular weight is 368 g/mol. The van der Waals surface area contributed by atoms with E-state index in [1.165, 1.54) is 6.20 Å². The number of hydrogen-bond acceptors (Lipinski definition) is 11. The molecule has 23 heavy (non-hydrogen) atoms. The van der Waals surface area contributed by atoms with Crippen LogP contribution in [0, 0.1) is 0 Å². The number of anilines is 5. The molecule has 0 bridgehead atoms. The maximum atomic E-state index is 8.74. The van der Waals surface area contributed by atoms with Gasteiger partial charge in [0, 0.05) is 6.20 Å². The maximum absolute atomic E-state index is 8.74. The summed E-state index contributed by atoms with van der Waals surface area (Å²) in [5.74, 6) is 0.657. The van der Waals surface area contributed by atoms with Crippen molar-refractivity contribution in [3.05, 3.63) is 17.5 Å². The summed E-state index contributed by atoms with van der Waals surface area (Å²) in [5, 5.41) is 0.185. The minimum Gasteiger partial charge on any atom is -0.393 e. The van der Waals surface area contributed by atoms with E-state index < -0.39 is 10.4 Å². The lowest BCUT2D eigenvalue weighted by Gasteiger charge is -2.01. The lowest BCUT2D eigenvalue weighted by atomic mass is 10.4. The van der Waals surface area contributed by atoms with E-state index in [0.717, 1.165) is 0 Å². The van der Waals surface area contributed by atoms with Gasteiger partial charge in [-0.05, 0) is 17.7 Å². The third kappa shape index (κ3) is 10.7. The molecule has 0 atom stereocenters. The Kier molecular flexibility index (Phi) is 7.68. The van der Waals surface area contributed by atoms with Gasteiger partial charge in [0.25, 0.3) is 0 Å². The second kappa shape index (κ2) is 8.69. The number of hydrogen-bond donors (Lipinski definition) is 7. The molecule has 0 aliphatic carbocycles. The van der Waals surface area contributed by atoms with Crippen LogP contribution in [0.25, 0.3) is 0 Å². The van der Waals surface area contributed by atoms with Gasteiger partial charge in [0.2, 0.25) is 11.2 Å². The Hall–Kier alpha value is -2.68. The summed E-state index contributed by atoms with van der Waals surface area (Å²) in [5.41, 5.74) is 26.5. The topological polar surface area (TPSA) is 256 Å². The molecular weight excluding hydrogens is 354 g/mol. The summed E-state index contributed by atoms with van der Waals surface area (Å²) in [6, 6.07) is 1.58. The third-order valence-corrected chi connectivity index (χ3v) is 1.85. The van der Waals surface area contributed by atoms with Crippen LogP contribution in [-0.4, -0.2) is 37.5 Å². The number of rotatable bonds is 0. The number of nitrogens with two attached hydrogens (primary N) is 5. The Morgan fingerprint density at radius 1 is 0.957 bits per heavy atom. The monoisotopic (exact) mass is 367 g/mol. The number of nitrogens with zero attached hydrogens (tertiary/aromatic N) is 4. The quantitative estimate of drug-likeness (QED) is 0.215. The van der Waals surface area contributed by atoms with Crippen LogP contribution in [0.1, 0.15) is 0 Å². The first-order valence-electron chi connectivity index (χ1n) is 5.28. The molecule has 0 aromatic carbocycles. The Labute approximate surface area is 135 Å². The van der Waals surface area contributed by atoms with Crippen molar-refractivity contribution in [3.63, 3.8) is 0 Å². The van der Waals surface area contributed by atoms with Crippen LogP contribution in [0.15, 0.2) is 12.3 Å². The van der Waals surface area contributed by atoms with Crippen molar-refractivity contribution in [2.75, 3.05) is 28.7 Å². The van der Waals surface area contributed by atoms with Gasteiger partial charge >= 0.3 is 10.4 Å². The van der Waals surface area contributed by atoms with Crippen molar-refractivity contribution >= 4 is 51.1 Å². The average Bonchev–Trinajstić information content (AvgIpc) is 2.34. The zero-order valence-electron chi connectivity index (χ0n) is 11.3. The largest absolute Gasteiger partial charge is 0.394 e. The lowest BCUT2D eigenvalue weighted by Crippen LogP contribution is -2.07. The van der Waals surface area contributed by atoms with Gasteiger partial charge in [0.05, 0.1) is 0 Å². The van der Waals surface area contributed by atoms with Crippen molar-refractivity contribution in [1.29, 1.82) is 0 Å². The predicted molar refractivity (Wildman–Crippen MR) is 85.3 cm³/mol. The van der Waals surface area contributed by atoms with Crippen LogP contribution in [0.3, 0.4) is 0 Å². The van der Waals surface area contributed by atoms with E-state index in [1.54, 1.807) is 6.07 Å². The van der Waals surface area contributed by atoms with Crippen LogP contribution in [0.4, 0.5) is 29.1 Å². The molecule has 0 amide bonds. The zero-order valence-corrected chi connectivity index (χ0v) is 12.9. The molecule has 2 rings (SSSR count). The minimum atomic E-state index is -4.67. The molecule has 13 nitrogen and oxygen atoms in total. The van der Waals surface area contributed by atoms with E-state index in [4.69, 9.17) is 57.8 Å².